The molecule has 0 amide bonds. The molecule has 0 fully saturated rings. The molecule has 0 saturated carbocycles. The highest BCUT2D eigenvalue weighted by atomic mass is 14.7. The summed E-state index contributed by atoms with van der Waals surface area (Å²) in [7, 11) is 0. The highest BCUT2D eigenvalue weighted by Crippen LogP contribution is 2.55. The van der Waals surface area contributed by atoms with Gasteiger partial charge < -0.3 is 0 Å². The zero-order chi connectivity index (χ0) is 40.3. The Morgan fingerprint density at radius 3 is 1.56 bits per heavy atom. The number of fused-ring (bicyclic) bond motifs is 3. The Kier molecular flexibility index (Phi) is 13.3. The van der Waals surface area contributed by atoms with Crippen molar-refractivity contribution in [1.29, 1.82) is 0 Å². The van der Waals surface area contributed by atoms with Gasteiger partial charge in [-0.25, -0.2) is 0 Å². The van der Waals surface area contributed by atoms with E-state index in [4.69, 9.17) is 4.98 Å². The van der Waals surface area contributed by atoms with E-state index in [1.54, 1.807) is 0 Å². The fourth-order valence-corrected chi connectivity index (χ4v) is 9.69. The largest absolute Gasteiger partial charge is 0.256 e. The first kappa shape index (κ1) is 40.3. The molecule has 0 aliphatic heterocycles. The van der Waals surface area contributed by atoms with Crippen LogP contribution in [-0.4, -0.2) is 4.98 Å². The van der Waals surface area contributed by atoms with E-state index < -0.39 is 0 Å². The number of hydrogen-bond acceptors (Lipinski definition) is 1. The zero-order valence-electron chi connectivity index (χ0n) is 35.4. The lowest BCUT2D eigenvalue weighted by atomic mass is 9.70. The molecule has 0 spiro atoms. The zero-order valence-corrected chi connectivity index (χ0v) is 35.4. The summed E-state index contributed by atoms with van der Waals surface area (Å²) >= 11 is 0. The molecule has 6 aromatic carbocycles. The van der Waals surface area contributed by atoms with E-state index in [2.05, 4.69) is 178 Å². The average molecular weight is 772 g/mol. The van der Waals surface area contributed by atoms with Crippen LogP contribution in [0.2, 0.25) is 0 Å². The van der Waals surface area contributed by atoms with Crippen molar-refractivity contribution in [1.82, 2.24) is 4.98 Å². The summed E-state index contributed by atoms with van der Waals surface area (Å²) in [6.45, 7) is 4.64. The topological polar surface area (TPSA) is 12.9 Å². The van der Waals surface area contributed by atoms with Gasteiger partial charge >= 0.3 is 0 Å². The van der Waals surface area contributed by atoms with Gasteiger partial charge in [-0.05, 0) is 124 Å². The molecule has 0 bridgehead atoms. The third-order valence-corrected chi connectivity index (χ3v) is 12.9. The molecule has 8 rings (SSSR count). The highest BCUT2D eigenvalue weighted by Gasteiger charge is 2.42. The fourth-order valence-electron chi connectivity index (χ4n) is 9.69. The number of benzene rings is 6. The van der Waals surface area contributed by atoms with Crippen LogP contribution in [0.4, 0.5) is 0 Å². The lowest BCUT2D eigenvalue weighted by molar-refractivity contribution is 0.405. The molecule has 7 aromatic rings. The van der Waals surface area contributed by atoms with Crippen LogP contribution in [0.3, 0.4) is 0 Å². The molecule has 298 valence electrons. The number of unbranched alkanes of at least 4 members (excludes halogenated alkanes) is 7. The van der Waals surface area contributed by atoms with Crippen molar-refractivity contribution in [2.24, 2.45) is 0 Å². The number of rotatable bonds is 19. The van der Waals surface area contributed by atoms with Gasteiger partial charge in [0.05, 0.1) is 5.69 Å². The molecule has 0 unspecified atom stereocenters. The van der Waals surface area contributed by atoms with Crippen LogP contribution in [0.15, 0.2) is 164 Å². The van der Waals surface area contributed by atoms with Crippen LogP contribution in [0.25, 0.3) is 55.8 Å². The molecular formula is C58H61N. The van der Waals surface area contributed by atoms with Gasteiger partial charge in [-0.3, -0.25) is 4.98 Å². The maximum Gasteiger partial charge on any atom is 0.0702 e. The van der Waals surface area contributed by atoms with Gasteiger partial charge in [-0.15, -0.1) is 0 Å². The maximum absolute atomic E-state index is 5.11. The van der Waals surface area contributed by atoms with Crippen LogP contribution in [-0.2, 0) is 18.3 Å². The molecule has 1 aliphatic carbocycles. The Bertz CT molecular complexity index is 2410. The molecule has 0 radical (unpaired) electrons. The van der Waals surface area contributed by atoms with E-state index in [0.717, 1.165) is 17.7 Å². The Morgan fingerprint density at radius 1 is 0.373 bits per heavy atom. The predicted molar refractivity (Wildman–Crippen MR) is 253 cm³/mol. The van der Waals surface area contributed by atoms with E-state index in [9.17, 15) is 0 Å². The smallest absolute Gasteiger partial charge is 0.0702 e. The van der Waals surface area contributed by atoms with E-state index in [1.165, 1.54) is 150 Å². The lowest BCUT2D eigenvalue weighted by Crippen LogP contribution is -2.25. The van der Waals surface area contributed by atoms with Gasteiger partial charge in [0.15, 0.2) is 0 Å². The van der Waals surface area contributed by atoms with E-state index in [0.29, 0.717) is 0 Å². The SMILES string of the molecule is CCCCCC1(CCCCC)c2ccccc2-c2ccc(-c3ccc(-c4cccc(-c5cccc(-c6cccc(CCCCCCc7ccccc7)c6)c5)c4)cn3)cc21. The minimum Gasteiger partial charge on any atom is -0.256 e. The van der Waals surface area contributed by atoms with Gasteiger partial charge in [0, 0.05) is 22.7 Å². The summed E-state index contributed by atoms with van der Waals surface area (Å²) in [6.07, 6.45) is 19.5. The summed E-state index contributed by atoms with van der Waals surface area (Å²) < 4.78 is 0. The van der Waals surface area contributed by atoms with Crippen LogP contribution in [0.1, 0.15) is 113 Å². The molecular weight excluding hydrogens is 711 g/mol. The lowest BCUT2D eigenvalue weighted by Gasteiger charge is -2.33. The molecule has 0 N–H and O–H groups in total. The minimum absolute atomic E-state index is 0.0789. The number of nitrogens with zero attached hydrogens (tertiary/aromatic N) is 1. The Balaban J connectivity index is 0.967. The second-order valence-electron chi connectivity index (χ2n) is 17.0. The second-order valence-corrected chi connectivity index (χ2v) is 17.0. The Labute approximate surface area is 354 Å². The van der Waals surface area contributed by atoms with Gasteiger partial charge in [0.2, 0.25) is 0 Å². The molecule has 1 heterocycles. The van der Waals surface area contributed by atoms with Crippen molar-refractivity contribution in [3.8, 4) is 55.8 Å². The van der Waals surface area contributed by atoms with Gasteiger partial charge in [0.1, 0.15) is 0 Å². The van der Waals surface area contributed by atoms with Gasteiger partial charge in [-0.1, -0.05) is 199 Å². The quantitative estimate of drug-likeness (QED) is 0.0746. The third-order valence-electron chi connectivity index (χ3n) is 12.9. The normalized spacial score (nSPS) is 12.6. The van der Waals surface area contributed by atoms with Crippen molar-refractivity contribution < 1.29 is 0 Å². The van der Waals surface area contributed by atoms with Crippen molar-refractivity contribution in [2.45, 2.75) is 109 Å². The van der Waals surface area contributed by atoms with Crippen molar-refractivity contribution in [3.05, 3.63) is 186 Å². The summed E-state index contributed by atoms with van der Waals surface area (Å²) in [4.78, 5) is 5.11. The molecule has 59 heavy (non-hydrogen) atoms. The number of pyridine rings is 1. The van der Waals surface area contributed by atoms with Crippen LogP contribution in [0, 0.1) is 0 Å². The third kappa shape index (κ3) is 9.36. The van der Waals surface area contributed by atoms with Crippen molar-refractivity contribution in [2.75, 3.05) is 0 Å². The van der Waals surface area contributed by atoms with Crippen LogP contribution in [0.5, 0.6) is 0 Å². The fraction of sp³-hybridized carbons (Fsp3) is 0.293. The number of aryl methyl sites for hydroxylation is 2. The monoisotopic (exact) mass is 771 g/mol. The number of aromatic nitrogens is 1. The summed E-state index contributed by atoms with van der Waals surface area (Å²) in [5, 5.41) is 0. The molecule has 1 nitrogen and oxygen atoms in total. The maximum atomic E-state index is 5.11. The van der Waals surface area contributed by atoms with E-state index >= 15 is 0 Å². The molecule has 0 atom stereocenters. The van der Waals surface area contributed by atoms with Crippen LogP contribution < -0.4 is 0 Å². The first-order chi connectivity index (χ1) is 29.1. The molecule has 1 heteroatoms. The summed E-state index contributed by atoms with van der Waals surface area (Å²) in [5.74, 6) is 0. The molecule has 1 aromatic heterocycles. The molecule has 1 aliphatic rings. The van der Waals surface area contributed by atoms with E-state index in [-0.39, 0.29) is 5.41 Å². The first-order valence-corrected chi connectivity index (χ1v) is 22.7. The second kappa shape index (κ2) is 19.5. The van der Waals surface area contributed by atoms with Gasteiger partial charge in [0.25, 0.3) is 0 Å². The average Bonchev–Trinajstić information content (AvgIpc) is 3.57. The predicted octanol–water partition coefficient (Wildman–Crippen LogP) is 16.5. The standard InChI is InChI=1S/C58H61N/c1-3-5-16-37-58(38-17-6-4-2)55-32-15-14-31-53(55)54-35-33-51(42-56(54)58)57-36-34-52(43-59-57)50-30-20-29-49(41-50)48-28-19-27-47(40-48)46-26-18-25-45(39-46)24-11-8-7-10-21-44-22-12-9-13-23-44/h9,12-15,18-20,22-23,25-36,39-43H,3-8,10-11,16-17,21,24,37-38H2,1-2H3. The first-order valence-electron chi connectivity index (χ1n) is 22.7. The van der Waals surface area contributed by atoms with E-state index in [1.807, 2.05) is 0 Å². The van der Waals surface area contributed by atoms with Gasteiger partial charge in [-0.2, -0.15) is 0 Å². The Hall–Kier alpha value is -5.53. The summed E-state index contributed by atoms with van der Waals surface area (Å²) in [5.41, 5.74) is 18.5. The molecule has 0 saturated heterocycles. The minimum atomic E-state index is 0.0789. The van der Waals surface area contributed by atoms with Crippen molar-refractivity contribution in [3.63, 3.8) is 0 Å². The Morgan fingerprint density at radius 2 is 0.915 bits per heavy atom. The van der Waals surface area contributed by atoms with Crippen LogP contribution >= 0.6 is 0 Å². The summed E-state index contributed by atoms with van der Waals surface area (Å²) in [6, 6.07) is 58.9. The number of hydrogen-bond donors (Lipinski definition) is 0. The van der Waals surface area contributed by atoms with Crippen molar-refractivity contribution >= 4 is 0 Å². The highest BCUT2D eigenvalue weighted by molar-refractivity contribution is 5.84.